The molecule has 0 fully saturated rings. The number of ketones is 1. The highest BCUT2D eigenvalue weighted by atomic mass is 16.5. The van der Waals surface area contributed by atoms with Crippen LogP contribution in [0.2, 0.25) is 0 Å². The number of hydrogen-bond acceptors (Lipinski definition) is 4. The standard InChI is InChI=1S/C22H24O4/c1-12(2)14-10-15-16(21(26-6)20(14)25-5)9-13-7-8-19(24)22(3,4)17(13)11-18(15)23/h7-12H,1-6H3. The smallest absolute Gasteiger partial charge is 0.186 e. The van der Waals surface area contributed by atoms with Gasteiger partial charge in [0, 0.05) is 16.3 Å². The van der Waals surface area contributed by atoms with Crippen LogP contribution in [-0.2, 0) is 10.2 Å². The van der Waals surface area contributed by atoms with Crippen molar-refractivity contribution < 1.29 is 14.3 Å². The molecular weight excluding hydrogens is 328 g/mol. The van der Waals surface area contributed by atoms with E-state index in [0.29, 0.717) is 22.3 Å². The van der Waals surface area contributed by atoms with Crippen LogP contribution in [-0.4, -0.2) is 20.0 Å². The molecule has 0 spiro atoms. The van der Waals surface area contributed by atoms with Crippen molar-refractivity contribution in [3.63, 3.8) is 0 Å². The summed E-state index contributed by atoms with van der Waals surface area (Å²) in [6.45, 7) is 7.79. The van der Waals surface area contributed by atoms with Crippen LogP contribution in [0.1, 0.15) is 50.3 Å². The zero-order valence-electron chi connectivity index (χ0n) is 16.1. The summed E-state index contributed by atoms with van der Waals surface area (Å²) in [4.78, 5) is 25.4. The normalized spacial score (nSPS) is 15.3. The summed E-state index contributed by atoms with van der Waals surface area (Å²) >= 11 is 0. The highest BCUT2D eigenvalue weighted by molar-refractivity contribution is 6.05. The number of benzene rings is 1. The molecule has 0 radical (unpaired) electrons. The number of carbonyl (C=O) groups is 1. The number of ether oxygens (including phenoxy) is 2. The Bertz CT molecular complexity index is 997. The molecule has 4 heteroatoms. The third-order valence-electron chi connectivity index (χ3n) is 5.19. The molecule has 0 aliphatic heterocycles. The average molecular weight is 352 g/mol. The van der Waals surface area contributed by atoms with Gasteiger partial charge in [0.15, 0.2) is 22.7 Å². The Balaban J connectivity index is 2.54. The minimum absolute atomic E-state index is 0.00734. The summed E-state index contributed by atoms with van der Waals surface area (Å²) in [5.41, 5.74) is 1.64. The molecule has 2 aromatic rings. The van der Waals surface area contributed by atoms with E-state index >= 15 is 0 Å². The molecule has 0 atom stereocenters. The van der Waals surface area contributed by atoms with Gasteiger partial charge in [-0.15, -0.1) is 0 Å². The van der Waals surface area contributed by atoms with Gasteiger partial charge in [-0.1, -0.05) is 19.9 Å². The second-order valence-electron chi connectivity index (χ2n) is 7.49. The van der Waals surface area contributed by atoms with Crippen LogP contribution >= 0.6 is 0 Å². The predicted molar refractivity (Wildman–Crippen MR) is 104 cm³/mol. The van der Waals surface area contributed by atoms with Gasteiger partial charge in [-0.2, -0.15) is 0 Å². The minimum atomic E-state index is -0.740. The second-order valence-corrected chi connectivity index (χ2v) is 7.49. The third-order valence-corrected chi connectivity index (χ3v) is 5.19. The van der Waals surface area contributed by atoms with E-state index in [0.717, 1.165) is 16.7 Å². The van der Waals surface area contributed by atoms with E-state index < -0.39 is 5.41 Å². The number of methoxy groups -OCH3 is 2. The lowest BCUT2D eigenvalue weighted by molar-refractivity contribution is -0.118. The van der Waals surface area contributed by atoms with Crippen molar-refractivity contribution in [2.75, 3.05) is 14.2 Å². The molecule has 4 nitrogen and oxygen atoms in total. The maximum Gasteiger partial charge on any atom is 0.186 e. The Labute approximate surface area is 153 Å². The van der Waals surface area contributed by atoms with Crippen molar-refractivity contribution in [3.8, 4) is 11.5 Å². The Kier molecular flexibility index (Phi) is 4.39. The fourth-order valence-electron chi connectivity index (χ4n) is 3.57. The van der Waals surface area contributed by atoms with Gasteiger partial charge in [-0.05, 0) is 55.2 Å². The fourth-order valence-corrected chi connectivity index (χ4v) is 3.57. The van der Waals surface area contributed by atoms with E-state index in [4.69, 9.17) is 9.47 Å². The van der Waals surface area contributed by atoms with Crippen LogP contribution in [0.15, 0.2) is 29.1 Å². The molecule has 0 aromatic heterocycles. The van der Waals surface area contributed by atoms with Crippen LogP contribution < -0.4 is 14.9 Å². The molecule has 0 unspecified atom stereocenters. The number of fused-ring (bicyclic) bond motifs is 2. The van der Waals surface area contributed by atoms with Crippen molar-refractivity contribution in [2.24, 2.45) is 0 Å². The van der Waals surface area contributed by atoms with Crippen molar-refractivity contribution in [1.29, 1.82) is 0 Å². The first-order chi connectivity index (χ1) is 12.2. The highest BCUT2D eigenvalue weighted by Gasteiger charge is 2.33. The van der Waals surface area contributed by atoms with E-state index in [2.05, 4.69) is 0 Å². The Morgan fingerprint density at radius 1 is 0.885 bits per heavy atom. The van der Waals surface area contributed by atoms with E-state index in [1.54, 1.807) is 32.4 Å². The third kappa shape index (κ3) is 2.61. The SMILES string of the molecule is COc1c(C(C)C)cc2c(=O)cc3c(cc2c1OC)C=CC(=O)C3(C)C. The summed E-state index contributed by atoms with van der Waals surface area (Å²) in [5.74, 6) is 1.35. The first-order valence-electron chi connectivity index (χ1n) is 8.72. The lowest BCUT2D eigenvalue weighted by Gasteiger charge is -2.26. The fraction of sp³-hybridized carbons (Fsp3) is 0.364. The molecule has 0 saturated heterocycles. The summed E-state index contributed by atoms with van der Waals surface area (Å²) in [5, 5.41) is 1.26. The maximum atomic E-state index is 13.1. The molecule has 0 bridgehead atoms. The quantitative estimate of drug-likeness (QED) is 0.830. The van der Waals surface area contributed by atoms with Gasteiger partial charge in [-0.3, -0.25) is 9.59 Å². The van der Waals surface area contributed by atoms with Crippen molar-refractivity contribution in [3.05, 3.63) is 51.2 Å². The number of hydrogen-bond donors (Lipinski definition) is 0. The summed E-state index contributed by atoms with van der Waals surface area (Å²) in [7, 11) is 3.18. The first kappa shape index (κ1) is 18.2. The average Bonchev–Trinajstić information content (AvgIpc) is 2.74. The van der Waals surface area contributed by atoms with Crippen molar-refractivity contribution in [2.45, 2.75) is 39.0 Å². The van der Waals surface area contributed by atoms with Gasteiger partial charge in [0.1, 0.15) is 0 Å². The highest BCUT2D eigenvalue weighted by Crippen LogP contribution is 2.42. The maximum absolute atomic E-state index is 13.1. The lowest BCUT2D eigenvalue weighted by Crippen LogP contribution is -2.30. The zero-order valence-corrected chi connectivity index (χ0v) is 16.1. The van der Waals surface area contributed by atoms with Crippen LogP contribution in [0.25, 0.3) is 16.8 Å². The molecule has 26 heavy (non-hydrogen) atoms. The van der Waals surface area contributed by atoms with Gasteiger partial charge in [-0.25, -0.2) is 0 Å². The largest absolute Gasteiger partial charge is 0.493 e. The lowest BCUT2D eigenvalue weighted by atomic mass is 9.76. The molecule has 2 aromatic carbocycles. The van der Waals surface area contributed by atoms with Crippen LogP contribution in [0, 0.1) is 0 Å². The van der Waals surface area contributed by atoms with Gasteiger partial charge < -0.3 is 9.47 Å². The molecule has 1 aliphatic carbocycles. The molecule has 0 N–H and O–H groups in total. The Morgan fingerprint density at radius 2 is 1.54 bits per heavy atom. The van der Waals surface area contributed by atoms with E-state index in [1.807, 2.05) is 39.8 Å². The van der Waals surface area contributed by atoms with Crippen LogP contribution in [0.5, 0.6) is 11.5 Å². The minimum Gasteiger partial charge on any atom is -0.493 e. The van der Waals surface area contributed by atoms with E-state index in [1.165, 1.54) is 0 Å². The predicted octanol–water partition coefficient (Wildman–Crippen LogP) is 4.21. The van der Waals surface area contributed by atoms with E-state index in [9.17, 15) is 9.59 Å². The van der Waals surface area contributed by atoms with Gasteiger partial charge in [0.25, 0.3) is 0 Å². The molecule has 1 aliphatic rings. The summed E-state index contributed by atoms with van der Waals surface area (Å²) < 4.78 is 11.3. The Hall–Kier alpha value is -2.62. The first-order valence-corrected chi connectivity index (χ1v) is 8.72. The molecule has 0 saturated carbocycles. The monoisotopic (exact) mass is 352 g/mol. The van der Waals surface area contributed by atoms with Gasteiger partial charge in [0.05, 0.1) is 19.6 Å². The Morgan fingerprint density at radius 3 is 2.12 bits per heavy atom. The van der Waals surface area contributed by atoms with Crippen LogP contribution in [0.4, 0.5) is 0 Å². The molecule has 0 heterocycles. The van der Waals surface area contributed by atoms with Crippen molar-refractivity contribution >= 4 is 22.6 Å². The number of allylic oxidation sites excluding steroid dienone is 1. The molecule has 3 rings (SSSR count). The van der Waals surface area contributed by atoms with Gasteiger partial charge >= 0.3 is 0 Å². The molecule has 0 amide bonds. The topological polar surface area (TPSA) is 52.6 Å². The van der Waals surface area contributed by atoms with E-state index in [-0.39, 0.29) is 17.1 Å². The van der Waals surface area contributed by atoms with Crippen LogP contribution in [0.3, 0.4) is 0 Å². The van der Waals surface area contributed by atoms with Crippen molar-refractivity contribution in [1.82, 2.24) is 0 Å². The van der Waals surface area contributed by atoms with Gasteiger partial charge in [0.2, 0.25) is 0 Å². The molecule has 136 valence electrons. The number of carbonyl (C=O) groups excluding carboxylic acids is 1. The molecular formula is C22H24O4. The number of rotatable bonds is 3. The summed E-state index contributed by atoms with van der Waals surface area (Å²) in [6.07, 6.45) is 3.34. The second kappa shape index (κ2) is 6.27. The summed E-state index contributed by atoms with van der Waals surface area (Å²) in [6, 6.07) is 5.39. The zero-order chi connectivity index (χ0) is 19.2.